The molecule has 0 atom stereocenters. The van der Waals surface area contributed by atoms with Gasteiger partial charge in [0, 0.05) is 6.07 Å². The highest BCUT2D eigenvalue weighted by Gasteiger charge is 2.13. The summed E-state index contributed by atoms with van der Waals surface area (Å²) in [5.74, 6) is 1.02. The summed E-state index contributed by atoms with van der Waals surface area (Å²) < 4.78 is 10.5. The Morgan fingerprint density at radius 2 is 2.19 bits per heavy atom. The van der Waals surface area contributed by atoms with E-state index in [4.69, 9.17) is 9.15 Å². The molecule has 2 heterocycles. The Morgan fingerprint density at radius 1 is 1.44 bits per heavy atom. The molecule has 1 saturated heterocycles. The summed E-state index contributed by atoms with van der Waals surface area (Å²) in [4.78, 5) is 13.9. The van der Waals surface area contributed by atoms with Gasteiger partial charge in [0.15, 0.2) is 0 Å². The van der Waals surface area contributed by atoms with Crippen LogP contribution >= 0.6 is 0 Å². The Morgan fingerprint density at radius 3 is 2.81 bits per heavy atom. The second-order valence-electron chi connectivity index (χ2n) is 3.99. The van der Waals surface area contributed by atoms with Crippen LogP contribution in [0.3, 0.4) is 0 Å². The number of hydrogen-bond acceptors (Lipinski definition) is 4. The van der Waals surface area contributed by atoms with Gasteiger partial charge in [0.05, 0.1) is 13.2 Å². The topological polar surface area (TPSA) is 42.7 Å². The first-order chi connectivity index (χ1) is 7.79. The second kappa shape index (κ2) is 5.16. The van der Waals surface area contributed by atoms with E-state index in [1.807, 2.05) is 6.92 Å². The highest BCUT2D eigenvalue weighted by Crippen LogP contribution is 2.13. The second-order valence-corrected chi connectivity index (χ2v) is 3.99. The van der Waals surface area contributed by atoms with Crippen molar-refractivity contribution in [3.05, 3.63) is 28.3 Å². The van der Waals surface area contributed by atoms with Crippen molar-refractivity contribution in [1.82, 2.24) is 4.90 Å². The number of nitrogens with zero attached hydrogens (tertiary/aromatic N) is 1. The molecular weight excluding hydrogens is 206 g/mol. The molecule has 16 heavy (non-hydrogen) atoms. The van der Waals surface area contributed by atoms with Crippen LogP contribution in [0.2, 0.25) is 0 Å². The maximum atomic E-state index is 11.6. The van der Waals surface area contributed by atoms with E-state index < -0.39 is 0 Å². The van der Waals surface area contributed by atoms with Gasteiger partial charge >= 0.3 is 0 Å². The summed E-state index contributed by atoms with van der Waals surface area (Å²) in [6, 6.07) is 1.53. The van der Waals surface area contributed by atoms with Gasteiger partial charge in [-0.15, -0.1) is 0 Å². The van der Waals surface area contributed by atoms with E-state index in [1.54, 1.807) is 0 Å². The van der Waals surface area contributed by atoms with Crippen LogP contribution in [0.15, 0.2) is 21.5 Å². The van der Waals surface area contributed by atoms with Crippen LogP contribution in [-0.2, 0) is 6.54 Å². The fourth-order valence-corrected chi connectivity index (χ4v) is 1.94. The Hall–Kier alpha value is -1.29. The van der Waals surface area contributed by atoms with Gasteiger partial charge in [-0.2, -0.15) is 0 Å². The van der Waals surface area contributed by atoms with Gasteiger partial charge in [-0.05, 0) is 32.9 Å². The predicted molar refractivity (Wildman–Crippen MR) is 60.7 cm³/mol. The summed E-state index contributed by atoms with van der Waals surface area (Å²) in [5, 5.41) is 0. The van der Waals surface area contributed by atoms with Crippen molar-refractivity contribution in [2.24, 2.45) is 0 Å². The van der Waals surface area contributed by atoms with Crippen molar-refractivity contribution >= 4 is 0 Å². The summed E-state index contributed by atoms with van der Waals surface area (Å²) in [6.45, 7) is 5.24. The zero-order valence-electron chi connectivity index (χ0n) is 9.57. The van der Waals surface area contributed by atoms with Crippen LogP contribution in [0.4, 0.5) is 0 Å². The third kappa shape index (κ3) is 2.64. The normalized spacial score (nSPS) is 16.6. The van der Waals surface area contributed by atoms with E-state index in [2.05, 4.69) is 4.90 Å². The van der Waals surface area contributed by atoms with E-state index >= 15 is 0 Å². The average Bonchev–Trinajstić information content (AvgIpc) is 2.75. The van der Waals surface area contributed by atoms with E-state index in [0.29, 0.717) is 12.4 Å². The highest BCUT2D eigenvalue weighted by molar-refractivity contribution is 5.17. The summed E-state index contributed by atoms with van der Waals surface area (Å²) in [5.41, 5.74) is -0.0951. The maximum Gasteiger partial charge on any atom is 0.227 e. The Bertz CT molecular complexity index is 393. The molecule has 1 aliphatic rings. The number of ether oxygens (including phenoxy) is 1. The average molecular weight is 223 g/mol. The third-order valence-electron chi connectivity index (χ3n) is 2.73. The molecule has 4 heteroatoms. The molecule has 1 aliphatic heterocycles. The molecule has 4 nitrogen and oxygen atoms in total. The standard InChI is InChI=1S/C12H17NO3/c1-2-15-12-9-16-10(7-11(12)14)8-13-5-3-4-6-13/h7,9H,2-6,8H2,1H3. The Balaban J connectivity index is 2.05. The van der Waals surface area contributed by atoms with Gasteiger partial charge < -0.3 is 9.15 Å². The van der Waals surface area contributed by atoms with Crippen molar-refractivity contribution in [2.75, 3.05) is 19.7 Å². The minimum absolute atomic E-state index is 0.0951. The van der Waals surface area contributed by atoms with Crippen molar-refractivity contribution in [1.29, 1.82) is 0 Å². The van der Waals surface area contributed by atoms with Gasteiger partial charge in [0.25, 0.3) is 0 Å². The van der Waals surface area contributed by atoms with E-state index in [0.717, 1.165) is 25.4 Å². The van der Waals surface area contributed by atoms with E-state index in [-0.39, 0.29) is 5.43 Å². The van der Waals surface area contributed by atoms with Crippen LogP contribution < -0.4 is 10.2 Å². The highest BCUT2D eigenvalue weighted by atomic mass is 16.5. The zero-order chi connectivity index (χ0) is 11.4. The van der Waals surface area contributed by atoms with Crippen molar-refractivity contribution < 1.29 is 9.15 Å². The molecule has 0 aromatic carbocycles. The minimum atomic E-state index is -0.0951. The SMILES string of the molecule is CCOc1coc(CN2CCCC2)cc1=O. The molecule has 88 valence electrons. The quantitative estimate of drug-likeness (QED) is 0.778. The summed E-state index contributed by atoms with van der Waals surface area (Å²) in [6.07, 6.45) is 3.89. The molecule has 1 aromatic rings. The molecule has 1 fully saturated rings. The molecular formula is C12H17NO3. The molecule has 0 spiro atoms. The van der Waals surface area contributed by atoms with Crippen LogP contribution in [0, 0.1) is 0 Å². The van der Waals surface area contributed by atoms with Crippen molar-refractivity contribution in [3.63, 3.8) is 0 Å². The monoisotopic (exact) mass is 223 g/mol. The van der Waals surface area contributed by atoms with E-state index in [9.17, 15) is 4.79 Å². The van der Waals surface area contributed by atoms with Gasteiger partial charge in [-0.25, -0.2) is 0 Å². The van der Waals surface area contributed by atoms with E-state index in [1.165, 1.54) is 25.2 Å². The molecule has 0 radical (unpaired) electrons. The number of rotatable bonds is 4. The fraction of sp³-hybridized carbons (Fsp3) is 0.583. The first-order valence-corrected chi connectivity index (χ1v) is 5.76. The molecule has 1 aromatic heterocycles. The zero-order valence-corrected chi connectivity index (χ0v) is 9.57. The van der Waals surface area contributed by atoms with Gasteiger partial charge in [-0.1, -0.05) is 0 Å². The lowest BCUT2D eigenvalue weighted by Crippen LogP contribution is -2.19. The summed E-state index contributed by atoms with van der Waals surface area (Å²) >= 11 is 0. The van der Waals surface area contributed by atoms with Crippen LogP contribution in [0.5, 0.6) is 5.75 Å². The Labute approximate surface area is 94.8 Å². The smallest absolute Gasteiger partial charge is 0.227 e. The van der Waals surface area contributed by atoms with Gasteiger partial charge in [0.2, 0.25) is 11.2 Å². The lowest BCUT2D eigenvalue weighted by atomic mass is 10.3. The molecule has 0 aliphatic carbocycles. The molecule has 0 saturated carbocycles. The third-order valence-corrected chi connectivity index (χ3v) is 2.73. The molecule has 0 bridgehead atoms. The van der Waals surface area contributed by atoms with Crippen LogP contribution in [0.1, 0.15) is 25.5 Å². The van der Waals surface area contributed by atoms with Gasteiger partial charge in [-0.3, -0.25) is 9.69 Å². The largest absolute Gasteiger partial charge is 0.487 e. The lowest BCUT2D eigenvalue weighted by molar-refractivity contribution is 0.281. The van der Waals surface area contributed by atoms with Crippen molar-refractivity contribution in [3.8, 4) is 5.75 Å². The van der Waals surface area contributed by atoms with Crippen LogP contribution in [-0.4, -0.2) is 24.6 Å². The first-order valence-electron chi connectivity index (χ1n) is 5.76. The van der Waals surface area contributed by atoms with Crippen LogP contribution in [0.25, 0.3) is 0 Å². The number of hydrogen-bond donors (Lipinski definition) is 0. The maximum absolute atomic E-state index is 11.6. The minimum Gasteiger partial charge on any atom is -0.487 e. The fourth-order valence-electron chi connectivity index (χ4n) is 1.94. The van der Waals surface area contributed by atoms with Gasteiger partial charge in [0.1, 0.15) is 12.0 Å². The number of likely N-dealkylation sites (tertiary alicyclic amines) is 1. The molecule has 0 amide bonds. The van der Waals surface area contributed by atoms with Crippen molar-refractivity contribution in [2.45, 2.75) is 26.3 Å². The molecule has 2 rings (SSSR count). The molecule has 0 N–H and O–H groups in total. The first kappa shape index (κ1) is 11.2. The summed E-state index contributed by atoms with van der Waals surface area (Å²) in [7, 11) is 0. The predicted octanol–water partition coefficient (Wildman–Crippen LogP) is 1.63. The molecule has 0 unspecified atom stereocenters. The Kier molecular flexibility index (Phi) is 3.62. The lowest BCUT2D eigenvalue weighted by Gasteiger charge is -2.13.